The summed E-state index contributed by atoms with van der Waals surface area (Å²) in [4.78, 5) is 47.6. The largest absolute Gasteiger partial charge is 0.394 e. The Kier molecular flexibility index (Phi) is 9.34. The predicted octanol–water partition coefficient (Wildman–Crippen LogP) is 3.54. The van der Waals surface area contributed by atoms with Crippen molar-refractivity contribution in [3.63, 3.8) is 0 Å². The van der Waals surface area contributed by atoms with Gasteiger partial charge in [0.25, 0.3) is 0 Å². The second kappa shape index (κ2) is 12.4. The summed E-state index contributed by atoms with van der Waals surface area (Å²) in [5.41, 5.74) is -0.461. The lowest BCUT2D eigenvalue weighted by Crippen LogP contribution is -2.59. The van der Waals surface area contributed by atoms with Gasteiger partial charge in [-0.2, -0.15) is 0 Å². The van der Waals surface area contributed by atoms with Crippen LogP contribution in [0, 0.1) is 11.8 Å². The Labute approximate surface area is 239 Å². The van der Waals surface area contributed by atoms with E-state index in [2.05, 4.69) is 36.0 Å². The van der Waals surface area contributed by atoms with Crippen molar-refractivity contribution in [2.75, 3.05) is 31.1 Å². The molecule has 3 unspecified atom stereocenters. The molecule has 8 nitrogen and oxygen atoms in total. The molecule has 7 atom stereocenters. The van der Waals surface area contributed by atoms with Crippen molar-refractivity contribution < 1.29 is 24.2 Å². The van der Waals surface area contributed by atoms with Crippen molar-refractivity contribution in [2.45, 2.75) is 68.1 Å². The van der Waals surface area contributed by atoms with Crippen molar-refractivity contribution in [3.8, 4) is 0 Å². The molecule has 3 aliphatic heterocycles. The molecule has 3 heterocycles. The molecule has 1 spiro atoms. The highest BCUT2D eigenvalue weighted by Crippen LogP contribution is 2.61. The lowest BCUT2D eigenvalue weighted by molar-refractivity contribution is -0.151. The Morgan fingerprint density at radius 3 is 2.49 bits per heavy atom. The molecule has 3 saturated heterocycles. The van der Waals surface area contributed by atoms with Gasteiger partial charge < -0.3 is 24.5 Å². The summed E-state index contributed by atoms with van der Waals surface area (Å²) in [7, 11) is 0. The Morgan fingerprint density at radius 1 is 1.21 bits per heavy atom. The second-order valence-electron chi connectivity index (χ2n) is 10.7. The van der Waals surface area contributed by atoms with Crippen LogP contribution in [0.3, 0.4) is 0 Å². The molecule has 0 radical (unpaired) electrons. The first-order chi connectivity index (χ1) is 18.8. The van der Waals surface area contributed by atoms with E-state index in [0.717, 1.165) is 12.8 Å². The number of hydrogen-bond donors (Lipinski definition) is 1. The van der Waals surface area contributed by atoms with Gasteiger partial charge in [-0.15, -0.1) is 13.2 Å². The number of fused-ring (bicyclic) bond motifs is 1. The summed E-state index contributed by atoms with van der Waals surface area (Å²) in [6.07, 6.45) is 5.41. The molecule has 0 saturated carbocycles. The van der Waals surface area contributed by atoms with Crippen LogP contribution in [-0.4, -0.2) is 87.5 Å². The van der Waals surface area contributed by atoms with Gasteiger partial charge in [-0.25, -0.2) is 0 Å². The third-order valence-corrected chi connectivity index (χ3v) is 9.25. The van der Waals surface area contributed by atoms with Crippen molar-refractivity contribution in [1.29, 1.82) is 0 Å². The number of hydrogen-bond acceptors (Lipinski definition) is 5. The van der Waals surface area contributed by atoms with Crippen molar-refractivity contribution in [1.82, 2.24) is 9.80 Å². The molecule has 0 aromatic heterocycles. The molecule has 3 amide bonds. The third kappa shape index (κ3) is 4.98. The van der Waals surface area contributed by atoms with Crippen molar-refractivity contribution in [2.24, 2.45) is 11.8 Å². The number of likely N-dealkylation sites (tertiary alicyclic amines) is 1. The Morgan fingerprint density at radius 2 is 1.90 bits per heavy atom. The Hall–Kier alpha value is -2.49. The van der Waals surface area contributed by atoms with E-state index in [0.29, 0.717) is 31.6 Å². The van der Waals surface area contributed by atoms with Gasteiger partial charge in [0.1, 0.15) is 11.6 Å². The number of para-hydroxylation sites is 1. The number of amides is 3. The molecule has 39 heavy (non-hydrogen) atoms. The summed E-state index contributed by atoms with van der Waals surface area (Å²) < 4.78 is 6.66. The number of nitrogens with zero attached hydrogens (tertiary/aromatic N) is 3. The molecule has 212 valence electrons. The van der Waals surface area contributed by atoms with Crippen LogP contribution in [0.1, 0.15) is 39.5 Å². The zero-order valence-corrected chi connectivity index (χ0v) is 24.5. The predicted molar refractivity (Wildman–Crippen MR) is 154 cm³/mol. The number of benzene rings is 1. The third-order valence-electron chi connectivity index (χ3n) is 8.41. The normalized spacial score (nSPS) is 29.7. The fraction of sp³-hybridized carbons (Fsp3) is 0.567. The van der Waals surface area contributed by atoms with Crippen LogP contribution in [0.25, 0.3) is 0 Å². The molecular weight excluding hydrogens is 562 g/mol. The van der Waals surface area contributed by atoms with Gasteiger partial charge in [0.05, 0.1) is 30.6 Å². The molecule has 3 fully saturated rings. The number of ether oxygens (including phenoxy) is 1. The van der Waals surface area contributed by atoms with E-state index in [-0.39, 0.29) is 35.7 Å². The molecular formula is C30H40BrN3O5. The van der Waals surface area contributed by atoms with Crippen LogP contribution in [0.15, 0.2) is 55.6 Å². The lowest BCUT2D eigenvalue weighted by atomic mass is 9.70. The standard InChI is InChI=1S/C30H40BrN3O5/c1-5-9-17-32(15-6-2)29(38)26-30-18-22(31)25(39-30)23(24(30)28(37)34(26)20(8-4)19-35)27(36)33(16-7-3)21-13-11-10-12-14-21/h6-7,10-14,20,22-26,35H,2-3,5,8-9,15-19H2,1,4H3/t20-,22?,23-,24-,25-,26?,30?/m0/s1. The molecule has 4 rings (SSSR count). The van der Waals surface area contributed by atoms with Crippen molar-refractivity contribution in [3.05, 3.63) is 55.6 Å². The first kappa shape index (κ1) is 29.5. The minimum absolute atomic E-state index is 0.204. The molecule has 1 aromatic carbocycles. The molecule has 3 aliphatic rings. The van der Waals surface area contributed by atoms with Crippen LogP contribution in [0.5, 0.6) is 0 Å². The summed E-state index contributed by atoms with van der Waals surface area (Å²) in [6.45, 7) is 12.5. The van der Waals surface area contributed by atoms with E-state index >= 15 is 0 Å². The van der Waals surface area contributed by atoms with Gasteiger partial charge in [0, 0.05) is 30.1 Å². The highest BCUT2D eigenvalue weighted by Gasteiger charge is 2.77. The average molecular weight is 603 g/mol. The first-order valence-electron chi connectivity index (χ1n) is 13.9. The van der Waals surface area contributed by atoms with Crippen LogP contribution < -0.4 is 4.90 Å². The van der Waals surface area contributed by atoms with Crippen LogP contribution in [0.4, 0.5) is 5.69 Å². The quantitative estimate of drug-likeness (QED) is 0.276. The number of anilines is 1. The summed E-state index contributed by atoms with van der Waals surface area (Å²) in [5.74, 6) is -2.35. The Bertz CT molecular complexity index is 1080. The lowest BCUT2D eigenvalue weighted by Gasteiger charge is -2.39. The number of unbranched alkanes of at least 4 members (excludes halogenated alkanes) is 1. The average Bonchev–Trinajstić information content (AvgIpc) is 3.54. The fourth-order valence-electron chi connectivity index (χ4n) is 6.64. The van der Waals surface area contributed by atoms with E-state index in [9.17, 15) is 19.5 Å². The van der Waals surface area contributed by atoms with Gasteiger partial charge in [-0.1, -0.05) is 66.5 Å². The number of aliphatic hydroxyl groups excluding tert-OH is 1. The van der Waals surface area contributed by atoms with E-state index < -0.39 is 35.6 Å². The number of rotatable bonds is 13. The monoisotopic (exact) mass is 601 g/mol. The second-order valence-corrected chi connectivity index (χ2v) is 11.8. The summed E-state index contributed by atoms with van der Waals surface area (Å²) >= 11 is 3.74. The van der Waals surface area contributed by atoms with Gasteiger partial charge in [-0.05, 0) is 31.4 Å². The fourth-order valence-corrected chi connectivity index (χ4v) is 7.59. The van der Waals surface area contributed by atoms with E-state index in [1.54, 1.807) is 22.0 Å². The molecule has 1 aromatic rings. The molecule has 0 aliphatic carbocycles. The number of alkyl halides is 1. The van der Waals surface area contributed by atoms with Crippen molar-refractivity contribution >= 4 is 39.3 Å². The number of carbonyl (C=O) groups excluding carboxylic acids is 3. The first-order valence-corrected chi connectivity index (χ1v) is 14.8. The topological polar surface area (TPSA) is 90.4 Å². The van der Waals surface area contributed by atoms with Crippen LogP contribution in [0.2, 0.25) is 0 Å². The van der Waals surface area contributed by atoms with E-state index in [4.69, 9.17) is 4.74 Å². The minimum Gasteiger partial charge on any atom is -0.394 e. The molecule has 2 bridgehead atoms. The highest BCUT2D eigenvalue weighted by atomic mass is 79.9. The minimum atomic E-state index is -1.17. The number of halogens is 1. The summed E-state index contributed by atoms with van der Waals surface area (Å²) in [5, 5.41) is 10.3. The van der Waals surface area contributed by atoms with Gasteiger partial charge in [0.2, 0.25) is 17.7 Å². The number of aliphatic hydroxyl groups is 1. The van der Waals surface area contributed by atoms with Gasteiger partial charge in [-0.3, -0.25) is 14.4 Å². The Balaban J connectivity index is 1.80. The van der Waals surface area contributed by atoms with Gasteiger partial charge >= 0.3 is 0 Å². The SMILES string of the molecule is C=CCN(CCCC)C(=O)C1N([C@@H](CC)CO)C(=O)[C@@H]2[C@H](C(=O)N(CC=C)c3ccccc3)[C@H]3OC12CC3Br. The molecule has 9 heteroatoms. The highest BCUT2D eigenvalue weighted by molar-refractivity contribution is 9.09. The maximum Gasteiger partial charge on any atom is 0.248 e. The maximum absolute atomic E-state index is 14.3. The zero-order chi connectivity index (χ0) is 28.3. The zero-order valence-electron chi connectivity index (χ0n) is 22.9. The van der Waals surface area contributed by atoms with Gasteiger partial charge in [0.15, 0.2) is 0 Å². The van der Waals surface area contributed by atoms with E-state index in [1.807, 2.05) is 37.3 Å². The van der Waals surface area contributed by atoms with E-state index in [1.165, 1.54) is 4.90 Å². The maximum atomic E-state index is 14.3. The summed E-state index contributed by atoms with van der Waals surface area (Å²) in [6, 6.07) is 7.81. The van der Waals surface area contributed by atoms with Crippen LogP contribution in [-0.2, 0) is 19.1 Å². The number of carbonyl (C=O) groups is 3. The smallest absolute Gasteiger partial charge is 0.248 e. The van der Waals surface area contributed by atoms with Crippen LogP contribution >= 0.6 is 15.9 Å². The molecule has 1 N–H and O–H groups in total.